The summed E-state index contributed by atoms with van der Waals surface area (Å²) in [6.45, 7) is 1.89. The molecule has 1 aromatic rings. The first-order chi connectivity index (χ1) is 8.70. The van der Waals surface area contributed by atoms with Crippen molar-refractivity contribution in [1.82, 2.24) is 9.97 Å². The summed E-state index contributed by atoms with van der Waals surface area (Å²) in [5.41, 5.74) is 0.862. The van der Waals surface area contributed by atoms with Gasteiger partial charge in [0.1, 0.15) is 11.3 Å². The first-order valence-corrected chi connectivity index (χ1v) is 6.57. The van der Waals surface area contributed by atoms with Crippen molar-refractivity contribution in [2.45, 2.75) is 51.0 Å². The Balaban J connectivity index is 2.41. The Morgan fingerprint density at radius 3 is 2.44 bits per heavy atom. The number of ether oxygens (including phenoxy) is 1. The number of nitrogens with zero attached hydrogens (tertiary/aromatic N) is 2. The van der Waals surface area contributed by atoms with E-state index in [1.54, 1.807) is 13.2 Å². The second-order valence-corrected chi connectivity index (χ2v) is 4.99. The Labute approximate surface area is 108 Å². The quantitative estimate of drug-likeness (QED) is 0.609. The van der Waals surface area contributed by atoms with Crippen LogP contribution < -0.4 is 0 Å². The topological polar surface area (TPSA) is 52.1 Å². The molecule has 0 unspecified atom stereocenters. The monoisotopic (exact) mass is 248 g/mol. The van der Waals surface area contributed by atoms with Gasteiger partial charge in [-0.25, -0.2) is 9.97 Å². The standard InChI is InChI=1S/C14H20N2O2/c1-11-9-12(10-17)16-13(15-11)14(18-2)7-5-3-4-6-8-14/h9-10H,3-8H2,1-2H3. The minimum atomic E-state index is -0.402. The average Bonchev–Trinajstić information content (AvgIpc) is 2.64. The summed E-state index contributed by atoms with van der Waals surface area (Å²) < 4.78 is 5.76. The summed E-state index contributed by atoms with van der Waals surface area (Å²) in [5.74, 6) is 0.675. The maximum atomic E-state index is 10.9. The van der Waals surface area contributed by atoms with E-state index in [0.717, 1.165) is 37.7 Å². The predicted octanol–water partition coefficient (Wildman–Crippen LogP) is 2.79. The van der Waals surface area contributed by atoms with Crippen LogP contribution in [0.2, 0.25) is 0 Å². The Bertz CT molecular complexity index is 424. The van der Waals surface area contributed by atoms with Crippen molar-refractivity contribution in [1.29, 1.82) is 0 Å². The van der Waals surface area contributed by atoms with Gasteiger partial charge >= 0.3 is 0 Å². The largest absolute Gasteiger partial charge is 0.370 e. The van der Waals surface area contributed by atoms with E-state index < -0.39 is 5.60 Å². The maximum absolute atomic E-state index is 10.9. The van der Waals surface area contributed by atoms with Crippen molar-refractivity contribution in [2.24, 2.45) is 0 Å². The molecule has 0 N–H and O–H groups in total. The fourth-order valence-corrected chi connectivity index (χ4v) is 2.68. The number of aryl methyl sites for hydroxylation is 1. The molecule has 1 saturated carbocycles. The summed E-state index contributed by atoms with van der Waals surface area (Å²) in [6, 6.07) is 1.70. The van der Waals surface area contributed by atoms with E-state index in [0.29, 0.717) is 11.5 Å². The SMILES string of the molecule is COC1(c2nc(C)cc(C=O)n2)CCCCCC1. The van der Waals surface area contributed by atoms with Gasteiger partial charge in [-0.3, -0.25) is 4.79 Å². The Morgan fingerprint density at radius 1 is 1.22 bits per heavy atom. The molecule has 0 bridgehead atoms. The van der Waals surface area contributed by atoms with Gasteiger partial charge in [0, 0.05) is 12.8 Å². The smallest absolute Gasteiger partial charge is 0.168 e. The molecule has 1 fully saturated rings. The van der Waals surface area contributed by atoms with Crippen LogP contribution in [-0.4, -0.2) is 23.4 Å². The molecule has 4 heteroatoms. The second-order valence-electron chi connectivity index (χ2n) is 4.99. The summed E-state index contributed by atoms with van der Waals surface area (Å²) >= 11 is 0. The highest BCUT2D eigenvalue weighted by Gasteiger charge is 2.36. The van der Waals surface area contributed by atoms with E-state index in [1.165, 1.54) is 12.8 Å². The summed E-state index contributed by atoms with van der Waals surface area (Å²) in [4.78, 5) is 19.8. The number of carbonyl (C=O) groups excluding carboxylic acids is 1. The van der Waals surface area contributed by atoms with Gasteiger partial charge < -0.3 is 4.74 Å². The van der Waals surface area contributed by atoms with Crippen molar-refractivity contribution in [3.05, 3.63) is 23.3 Å². The number of aldehydes is 1. The van der Waals surface area contributed by atoms with Crippen molar-refractivity contribution in [3.8, 4) is 0 Å². The van der Waals surface area contributed by atoms with Crippen LogP contribution in [0.25, 0.3) is 0 Å². The summed E-state index contributed by atoms with van der Waals surface area (Å²) in [7, 11) is 1.72. The van der Waals surface area contributed by atoms with Crippen LogP contribution in [-0.2, 0) is 10.3 Å². The zero-order chi connectivity index (χ0) is 13.0. The lowest BCUT2D eigenvalue weighted by Crippen LogP contribution is -2.31. The first kappa shape index (κ1) is 13.1. The van der Waals surface area contributed by atoms with Crippen LogP contribution >= 0.6 is 0 Å². The van der Waals surface area contributed by atoms with Gasteiger partial charge in [0.15, 0.2) is 12.1 Å². The van der Waals surface area contributed by atoms with Gasteiger partial charge in [-0.1, -0.05) is 25.7 Å². The molecule has 1 aliphatic rings. The fourth-order valence-electron chi connectivity index (χ4n) is 2.68. The third-order valence-electron chi connectivity index (χ3n) is 3.70. The molecule has 0 radical (unpaired) electrons. The van der Waals surface area contributed by atoms with Gasteiger partial charge in [0.2, 0.25) is 0 Å². The summed E-state index contributed by atoms with van der Waals surface area (Å²) in [6.07, 6.45) is 7.37. The average molecular weight is 248 g/mol. The van der Waals surface area contributed by atoms with Crippen molar-refractivity contribution >= 4 is 6.29 Å². The van der Waals surface area contributed by atoms with E-state index >= 15 is 0 Å². The van der Waals surface area contributed by atoms with E-state index in [2.05, 4.69) is 9.97 Å². The van der Waals surface area contributed by atoms with Crippen LogP contribution in [0.1, 0.15) is 60.5 Å². The highest BCUT2D eigenvalue weighted by atomic mass is 16.5. The molecule has 1 aromatic heterocycles. The number of hydrogen-bond acceptors (Lipinski definition) is 4. The van der Waals surface area contributed by atoms with E-state index in [-0.39, 0.29) is 0 Å². The lowest BCUT2D eigenvalue weighted by Gasteiger charge is -2.30. The molecule has 0 aromatic carbocycles. The molecule has 2 rings (SSSR count). The van der Waals surface area contributed by atoms with Crippen LogP contribution in [0.5, 0.6) is 0 Å². The first-order valence-electron chi connectivity index (χ1n) is 6.57. The van der Waals surface area contributed by atoms with Crippen LogP contribution in [0, 0.1) is 6.92 Å². The summed E-state index contributed by atoms with van der Waals surface area (Å²) in [5, 5.41) is 0. The van der Waals surface area contributed by atoms with Gasteiger partial charge in [-0.05, 0) is 25.8 Å². The molecule has 1 heterocycles. The van der Waals surface area contributed by atoms with Gasteiger partial charge in [0.05, 0.1) is 0 Å². The number of aromatic nitrogens is 2. The van der Waals surface area contributed by atoms with Crippen LogP contribution in [0.3, 0.4) is 0 Å². The Hall–Kier alpha value is -1.29. The molecule has 0 amide bonds. The van der Waals surface area contributed by atoms with Crippen LogP contribution in [0.4, 0.5) is 0 Å². The zero-order valence-electron chi connectivity index (χ0n) is 11.1. The number of rotatable bonds is 3. The van der Waals surface area contributed by atoms with Crippen molar-refractivity contribution in [2.75, 3.05) is 7.11 Å². The molecular formula is C14H20N2O2. The molecule has 0 spiro atoms. The lowest BCUT2D eigenvalue weighted by atomic mass is 9.93. The molecule has 1 aliphatic carbocycles. The molecular weight excluding hydrogens is 228 g/mol. The second kappa shape index (κ2) is 5.57. The molecule has 98 valence electrons. The molecule has 0 atom stereocenters. The normalized spacial score (nSPS) is 19.2. The van der Waals surface area contributed by atoms with Crippen molar-refractivity contribution < 1.29 is 9.53 Å². The molecule has 0 aliphatic heterocycles. The minimum absolute atomic E-state index is 0.402. The van der Waals surface area contributed by atoms with E-state index in [9.17, 15) is 4.79 Å². The molecule has 0 saturated heterocycles. The molecule has 18 heavy (non-hydrogen) atoms. The van der Waals surface area contributed by atoms with Crippen LogP contribution in [0.15, 0.2) is 6.07 Å². The van der Waals surface area contributed by atoms with Gasteiger partial charge in [-0.2, -0.15) is 0 Å². The third kappa shape index (κ3) is 2.58. The van der Waals surface area contributed by atoms with Gasteiger partial charge in [0.25, 0.3) is 0 Å². The van der Waals surface area contributed by atoms with Crippen molar-refractivity contribution in [3.63, 3.8) is 0 Å². The van der Waals surface area contributed by atoms with E-state index in [1.807, 2.05) is 6.92 Å². The number of hydrogen-bond donors (Lipinski definition) is 0. The Kier molecular flexibility index (Phi) is 4.07. The maximum Gasteiger partial charge on any atom is 0.168 e. The van der Waals surface area contributed by atoms with E-state index in [4.69, 9.17) is 4.74 Å². The third-order valence-corrected chi connectivity index (χ3v) is 3.70. The fraction of sp³-hybridized carbons (Fsp3) is 0.643. The number of methoxy groups -OCH3 is 1. The zero-order valence-corrected chi connectivity index (χ0v) is 11.1. The minimum Gasteiger partial charge on any atom is -0.370 e. The highest BCUT2D eigenvalue weighted by molar-refractivity contribution is 5.71. The predicted molar refractivity (Wildman–Crippen MR) is 68.5 cm³/mol. The highest BCUT2D eigenvalue weighted by Crippen LogP contribution is 2.37. The van der Waals surface area contributed by atoms with Gasteiger partial charge in [-0.15, -0.1) is 0 Å². The Morgan fingerprint density at radius 2 is 1.89 bits per heavy atom. The number of carbonyl (C=O) groups is 1. The molecule has 4 nitrogen and oxygen atoms in total. The lowest BCUT2D eigenvalue weighted by molar-refractivity contribution is -0.0353.